The molecule has 0 spiro atoms. The summed E-state index contributed by atoms with van der Waals surface area (Å²) in [5.74, 6) is -0.123. The smallest absolute Gasteiger partial charge is 0.335 e. The second-order valence-corrected chi connectivity index (χ2v) is 6.52. The Kier molecular flexibility index (Phi) is 7.06. The second-order valence-electron chi connectivity index (χ2n) is 6.52. The van der Waals surface area contributed by atoms with Gasteiger partial charge < -0.3 is 10.4 Å². The molecule has 0 bridgehead atoms. The van der Waals surface area contributed by atoms with Crippen LogP contribution < -0.4 is 5.32 Å². The van der Waals surface area contributed by atoms with E-state index in [1.54, 1.807) is 12.1 Å². The van der Waals surface area contributed by atoms with Crippen LogP contribution in [0.25, 0.3) is 0 Å². The molecule has 0 aromatic heterocycles. The van der Waals surface area contributed by atoms with Crippen LogP contribution >= 0.6 is 0 Å². The number of hydrogen-bond acceptors (Lipinski definition) is 3. The highest BCUT2D eigenvalue weighted by molar-refractivity contribution is 5.87. The normalized spacial score (nSPS) is 16.8. The Balaban J connectivity index is 1.88. The Labute approximate surface area is 139 Å². The van der Waals surface area contributed by atoms with Crippen molar-refractivity contribution in [2.75, 3.05) is 19.6 Å². The number of rotatable bonds is 9. The first kappa shape index (κ1) is 18.0. The molecule has 4 heteroatoms. The van der Waals surface area contributed by atoms with Gasteiger partial charge in [-0.25, -0.2) is 4.79 Å². The van der Waals surface area contributed by atoms with Crippen LogP contribution in [-0.2, 0) is 6.54 Å². The van der Waals surface area contributed by atoms with Crippen molar-refractivity contribution in [1.82, 2.24) is 10.2 Å². The molecule has 1 aromatic rings. The van der Waals surface area contributed by atoms with Gasteiger partial charge in [-0.2, -0.15) is 0 Å². The minimum atomic E-state index is -0.868. The lowest BCUT2D eigenvalue weighted by molar-refractivity contribution is 0.0697. The van der Waals surface area contributed by atoms with Gasteiger partial charge in [0.25, 0.3) is 0 Å². The Bertz CT molecular complexity index is 475. The monoisotopic (exact) mass is 318 g/mol. The Morgan fingerprint density at radius 1 is 1.17 bits per heavy atom. The largest absolute Gasteiger partial charge is 0.478 e. The molecule has 1 aliphatic heterocycles. The molecular weight excluding hydrogens is 288 g/mol. The van der Waals surface area contributed by atoms with E-state index in [0.29, 0.717) is 11.6 Å². The molecule has 2 rings (SSSR count). The molecule has 1 aromatic carbocycles. The van der Waals surface area contributed by atoms with Crippen LogP contribution in [0.3, 0.4) is 0 Å². The third kappa shape index (κ3) is 5.05. The number of aromatic carboxylic acids is 1. The highest BCUT2D eigenvalue weighted by atomic mass is 16.4. The summed E-state index contributed by atoms with van der Waals surface area (Å²) >= 11 is 0. The van der Waals surface area contributed by atoms with Gasteiger partial charge in [-0.1, -0.05) is 38.8 Å². The Hall–Kier alpha value is -1.39. The predicted octanol–water partition coefficient (Wildman–Crippen LogP) is 3.38. The number of nitrogens with zero attached hydrogens (tertiary/aromatic N) is 1. The average molecular weight is 318 g/mol. The van der Waals surface area contributed by atoms with Gasteiger partial charge in [0.15, 0.2) is 0 Å². The maximum Gasteiger partial charge on any atom is 0.335 e. The van der Waals surface area contributed by atoms with Crippen molar-refractivity contribution in [2.45, 2.75) is 52.1 Å². The van der Waals surface area contributed by atoms with Crippen molar-refractivity contribution in [2.24, 2.45) is 5.92 Å². The van der Waals surface area contributed by atoms with Gasteiger partial charge in [0.05, 0.1) is 5.56 Å². The third-order valence-electron chi connectivity index (χ3n) is 5.09. The van der Waals surface area contributed by atoms with Gasteiger partial charge in [0, 0.05) is 19.1 Å². The molecule has 1 fully saturated rings. The number of carboxylic acids is 1. The van der Waals surface area contributed by atoms with Crippen LogP contribution in [-0.4, -0.2) is 41.7 Å². The number of likely N-dealkylation sites (tertiary alicyclic amines) is 1. The number of benzene rings is 1. The first-order valence-corrected chi connectivity index (χ1v) is 8.92. The molecule has 1 aliphatic rings. The summed E-state index contributed by atoms with van der Waals surface area (Å²) in [6.45, 7) is 8.85. The van der Waals surface area contributed by atoms with Crippen LogP contribution in [0.5, 0.6) is 0 Å². The van der Waals surface area contributed by atoms with Crippen molar-refractivity contribution in [3.8, 4) is 0 Å². The minimum Gasteiger partial charge on any atom is -0.478 e. The summed E-state index contributed by atoms with van der Waals surface area (Å²) in [5, 5.41) is 12.5. The topological polar surface area (TPSA) is 52.6 Å². The number of carboxylic acid groups (broad SMARTS) is 1. The van der Waals surface area contributed by atoms with Crippen molar-refractivity contribution in [3.63, 3.8) is 0 Å². The first-order chi connectivity index (χ1) is 11.2. The molecule has 0 amide bonds. The molecule has 128 valence electrons. The number of nitrogens with one attached hydrogen (secondary N) is 1. The van der Waals surface area contributed by atoms with Crippen molar-refractivity contribution in [3.05, 3.63) is 35.4 Å². The zero-order valence-corrected chi connectivity index (χ0v) is 14.4. The zero-order valence-electron chi connectivity index (χ0n) is 14.4. The lowest BCUT2D eigenvalue weighted by Crippen LogP contribution is -2.45. The third-order valence-corrected chi connectivity index (χ3v) is 5.09. The summed E-state index contributed by atoms with van der Waals surface area (Å²) < 4.78 is 0. The average Bonchev–Trinajstić information content (AvgIpc) is 3.09. The molecule has 1 heterocycles. The number of hydrogen-bond donors (Lipinski definition) is 2. The SMILES string of the molecule is CCC(CC)C(CNCc1ccc(C(=O)O)cc1)N1CCCC1. The molecule has 0 aliphatic carbocycles. The van der Waals surface area contributed by atoms with Gasteiger partial charge >= 0.3 is 5.97 Å². The fourth-order valence-corrected chi connectivity index (χ4v) is 3.63. The van der Waals surface area contributed by atoms with Gasteiger partial charge in [0.1, 0.15) is 0 Å². The van der Waals surface area contributed by atoms with E-state index in [4.69, 9.17) is 5.11 Å². The van der Waals surface area contributed by atoms with E-state index in [1.807, 2.05) is 12.1 Å². The van der Waals surface area contributed by atoms with Crippen molar-refractivity contribution >= 4 is 5.97 Å². The molecule has 23 heavy (non-hydrogen) atoms. The van der Waals surface area contributed by atoms with Crippen LogP contribution in [0.2, 0.25) is 0 Å². The lowest BCUT2D eigenvalue weighted by atomic mass is 9.93. The molecule has 1 atom stereocenters. The van der Waals surface area contributed by atoms with E-state index in [-0.39, 0.29) is 0 Å². The van der Waals surface area contributed by atoms with E-state index in [1.165, 1.54) is 38.8 Å². The molecule has 0 saturated carbocycles. The standard InChI is InChI=1S/C19H30N2O2/c1-3-16(4-2)18(21-11-5-6-12-21)14-20-13-15-7-9-17(10-8-15)19(22)23/h7-10,16,18,20H,3-6,11-14H2,1-2H3,(H,22,23). The molecule has 4 nitrogen and oxygen atoms in total. The molecule has 0 radical (unpaired) electrons. The lowest BCUT2D eigenvalue weighted by Gasteiger charge is -2.34. The van der Waals surface area contributed by atoms with Crippen LogP contribution in [0.1, 0.15) is 55.5 Å². The summed E-state index contributed by atoms with van der Waals surface area (Å²) in [4.78, 5) is 13.5. The van der Waals surface area contributed by atoms with Gasteiger partial charge in [-0.15, -0.1) is 0 Å². The minimum absolute atomic E-state index is 0.348. The fraction of sp³-hybridized carbons (Fsp3) is 0.632. The maximum absolute atomic E-state index is 10.9. The highest BCUT2D eigenvalue weighted by Crippen LogP contribution is 2.22. The van der Waals surface area contributed by atoms with E-state index in [9.17, 15) is 4.79 Å². The van der Waals surface area contributed by atoms with Gasteiger partial charge in [-0.3, -0.25) is 4.90 Å². The molecule has 1 unspecified atom stereocenters. The molecule has 2 N–H and O–H groups in total. The van der Waals surface area contributed by atoms with Crippen molar-refractivity contribution in [1.29, 1.82) is 0 Å². The van der Waals surface area contributed by atoms with Gasteiger partial charge in [0.2, 0.25) is 0 Å². The first-order valence-electron chi connectivity index (χ1n) is 8.92. The highest BCUT2D eigenvalue weighted by Gasteiger charge is 2.26. The van der Waals surface area contributed by atoms with Crippen LogP contribution in [0.4, 0.5) is 0 Å². The van der Waals surface area contributed by atoms with E-state index >= 15 is 0 Å². The van der Waals surface area contributed by atoms with Gasteiger partial charge in [-0.05, 0) is 49.5 Å². The summed E-state index contributed by atoms with van der Waals surface area (Å²) in [7, 11) is 0. The van der Waals surface area contributed by atoms with E-state index in [0.717, 1.165) is 24.6 Å². The summed E-state index contributed by atoms with van der Waals surface area (Å²) in [5.41, 5.74) is 1.49. The van der Waals surface area contributed by atoms with Crippen LogP contribution in [0, 0.1) is 5.92 Å². The van der Waals surface area contributed by atoms with E-state index < -0.39 is 5.97 Å². The Morgan fingerprint density at radius 2 is 1.78 bits per heavy atom. The second kappa shape index (κ2) is 9.04. The maximum atomic E-state index is 10.9. The number of carbonyl (C=O) groups is 1. The predicted molar refractivity (Wildman–Crippen MR) is 93.8 cm³/mol. The zero-order chi connectivity index (χ0) is 16.7. The summed E-state index contributed by atoms with van der Waals surface area (Å²) in [6, 6.07) is 7.78. The van der Waals surface area contributed by atoms with Crippen LogP contribution in [0.15, 0.2) is 24.3 Å². The Morgan fingerprint density at radius 3 is 2.30 bits per heavy atom. The molecule has 1 saturated heterocycles. The van der Waals surface area contributed by atoms with Crippen molar-refractivity contribution < 1.29 is 9.90 Å². The summed E-state index contributed by atoms with van der Waals surface area (Å²) in [6.07, 6.45) is 5.11. The quantitative estimate of drug-likeness (QED) is 0.733. The fourth-order valence-electron chi connectivity index (χ4n) is 3.63. The molecular formula is C19H30N2O2. The van der Waals surface area contributed by atoms with E-state index in [2.05, 4.69) is 24.1 Å².